The highest BCUT2D eigenvalue weighted by atomic mass is 32.2. The lowest BCUT2D eigenvalue weighted by molar-refractivity contribution is 0.104. The van der Waals surface area contributed by atoms with Gasteiger partial charge in [-0.15, -0.1) is 11.3 Å². The van der Waals surface area contributed by atoms with Crippen molar-refractivity contribution < 1.29 is 9.53 Å². The fourth-order valence-corrected chi connectivity index (χ4v) is 4.39. The lowest BCUT2D eigenvalue weighted by atomic mass is 10.1. The molecule has 1 fully saturated rings. The van der Waals surface area contributed by atoms with Gasteiger partial charge in [-0.05, 0) is 60.7 Å². The van der Waals surface area contributed by atoms with Crippen LogP contribution in [0.15, 0.2) is 47.9 Å². The van der Waals surface area contributed by atoms with Crippen LogP contribution in [0.4, 0.5) is 0 Å². The zero-order valence-corrected chi connectivity index (χ0v) is 16.9. The number of allylic oxidation sites excluding steroid dienone is 1. The molecule has 2 heterocycles. The van der Waals surface area contributed by atoms with Crippen LogP contribution >= 0.6 is 35.3 Å². The number of nitrogens with zero attached hydrogens (tertiary/aromatic N) is 1. The van der Waals surface area contributed by atoms with Crippen LogP contribution in [-0.2, 0) is 0 Å². The molecule has 6 heteroatoms. The Balaban J connectivity index is 1.41. The van der Waals surface area contributed by atoms with Gasteiger partial charge in [-0.25, -0.2) is 0 Å². The lowest BCUT2D eigenvalue weighted by Crippen LogP contribution is -2.24. The second kappa shape index (κ2) is 9.90. The molecule has 0 bridgehead atoms. The summed E-state index contributed by atoms with van der Waals surface area (Å²) in [6.45, 7) is 2.77. The summed E-state index contributed by atoms with van der Waals surface area (Å²) in [5.74, 6) is 1.60. The van der Waals surface area contributed by atoms with Crippen molar-refractivity contribution in [3.8, 4) is 5.75 Å². The van der Waals surface area contributed by atoms with Gasteiger partial charge in [0.25, 0.3) is 0 Å². The number of hydrogen-bond acceptors (Lipinski definition) is 5. The van der Waals surface area contributed by atoms with Gasteiger partial charge in [-0.3, -0.25) is 4.79 Å². The predicted octanol–water partition coefficient (Wildman–Crippen LogP) is 5.14. The van der Waals surface area contributed by atoms with Crippen molar-refractivity contribution in [2.24, 2.45) is 0 Å². The van der Waals surface area contributed by atoms with Gasteiger partial charge in [0.1, 0.15) is 10.1 Å². The highest BCUT2D eigenvalue weighted by molar-refractivity contribution is 8.22. The minimum Gasteiger partial charge on any atom is -0.493 e. The van der Waals surface area contributed by atoms with E-state index in [0.29, 0.717) is 12.2 Å². The van der Waals surface area contributed by atoms with Crippen LogP contribution in [0.5, 0.6) is 5.75 Å². The minimum absolute atomic E-state index is 0.00327. The van der Waals surface area contributed by atoms with Crippen molar-refractivity contribution in [2.45, 2.75) is 12.8 Å². The van der Waals surface area contributed by atoms with Crippen molar-refractivity contribution in [2.75, 3.05) is 25.4 Å². The van der Waals surface area contributed by atoms with E-state index in [2.05, 4.69) is 4.90 Å². The summed E-state index contributed by atoms with van der Waals surface area (Å²) in [6.07, 6.45) is 5.94. The molecule has 0 saturated carbocycles. The monoisotopic (exact) mass is 403 g/mol. The van der Waals surface area contributed by atoms with Crippen molar-refractivity contribution in [1.82, 2.24) is 4.90 Å². The van der Waals surface area contributed by atoms with E-state index in [0.717, 1.165) is 33.8 Å². The number of thioether (sulfide) groups is 1. The van der Waals surface area contributed by atoms with Crippen LogP contribution in [0.3, 0.4) is 0 Å². The third-order valence-corrected chi connectivity index (χ3v) is 6.35. The molecule has 1 saturated heterocycles. The molecule has 26 heavy (non-hydrogen) atoms. The normalized spacial score (nSPS) is 14.1. The summed E-state index contributed by atoms with van der Waals surface area (Å²) in [5, 5.41) is 1.99. The Morgan fingerprint density at radius 2 is 2.00 bits per heavy atom. The highest BCUT2D eigenvalue weighted by Crippen LogP contribution is 2.18. The maximum absolute atomic E-state index is 12.2. The van der Waals surface area contributed by atoms with Crippen molar-refractivity contribution >= 4 is 51.5 Å². The lowest BCUT2D eigenvalue weighted by Gasteiger charge is -2.17. The standard InChI is InChI=1S/C20H21NO2S3/c22-19(10-9-18-4-3-14-25-18)16-5-7-17(8-6-16)23-13-15-26-20(24)21-11-1-2-12-21/h3-10,14H,1-2,11-13,15H2/b10-9+. The Hall–Kier alpha value is -1.63. The molecule has 0 amide bonds. The number of benzene rings is 1. The fourth-order valence-electron chi connectivity index (χ4n) is 2.64. The molecular weight excluding hydrogens is 382 g/mol. The number of thiophene rings is 1. The summed E-state index contributed by atoms with van der Waals surface area (Å²) >= 11 is 8.72. The Morgan fingerprint density at radius 3 is 2.69 bits per heavy atom. The van der Waals surface area contributed by atoms with E-state index in [-0.39, 0.29) is 5.78 Å². The van der Waals surface area contributed by atoms with Crippen molar-refractivity contribution in [1.29, 1.82) is 0 Å². The average molecular weight is 404 g/mol. The largest absolute Gasteiger partial charge is 0.493 e. The predicted molar refractivity (Wildman–Crippen MR) is 115 cm³/mol. The molecule has 0 unspecified atom stereocenters. The Labute approximate surface area is 168 Å². The molecule has 0 spiro atoms. The summed E-state index contributed by atoms with van der Waals surface area (Å²) in [7, 11) is 0. The molecule has 2 aromatic rings. The Bertz CT molecular complexity index is 748. The molecule has 1 aromatic carbocycles. The first-order valence-electron chi connectivity index (χ1n) is 8.63. The number of likely N-dealkylation sites (tertiary alicyclic amines) is 1. The van der Waals surface area contributed by atoms with Crippen molar-refractivity contribution in [3.63, 3.8) is 0 Å². The third-order valence-electron chi connectivity index (χ3n) is 4.02. The van der Waals surface area contributed by atoms with Gasteiger partial charge in [0, 0.05) is 29.3 Å². The van der Waals surface area contributed by atoms with Crippen LogP contribution in [0.1, 0.15) is 28.1 Å². The van der Waals surface area contributed by atoms with Gasteiger partial charge in [-0.2, -0.15) is 0 Å². The first kappa shape index (κ1) is 19.1. The van der Waals surface area contributed by atoms with E-state index < -0.39 is 0 Å². The Kier molecular flexibility index (Phi) is 7.29. The van der Waals surface area contributed by atoms with Crippen LogP contribution in [0.25, 0.3) is 6.08 Å². The van der Waals surface area contributed by atoms with E-state index in [1.54, 1.807) is 41.3 Å². The van der Waals surface area contributed by atoms with E-state index >= 15 is 0 Å². The van der Waals surface area contributed by atoms with E-state index in [9.17, 15) is 4.79 Å². The summed E-state index contributed by atoms with van der Waals surface area (Å²) in [4.78, 5) is 15.5. The Morgan fingerprint density at radius 1 is 1.23 bits per heavy atom. The van der Waals surface area contributed by atoms with Crippen LogP contribution < -0.4 is 4.74 Å². The van der Waals surface area contributed by atoms with Crippen LogP contribution in [0, 0.1) is 0 Å². The van der Waals surface area contributed by atoms with Gasteiger partial charge in [0.05, 0.1) is 6.61 Å². The first-order valence-corrected chi connectivity index (χ1v) is 10.9. The minimum atomic E-state index is -0.00327. The molecule has 136 valence electrons. The smallest absolute Gasteiger partial charge is 0.185 e. The molecule has 1 aliphatic rings. The number of hydrogen-bond donors (Lipinski definition) is 0. The van der Waals surface area contributed by atoms with Crippen LogP contribution in [0.2, 0.25) is 0 Å². The van der Waals surface area contributed by atoms with Crippen LogP contribution in [-0.4, -0.2) is 40.5 Å². The first-order chi connectivity index (χ1) is 12.7. The van der Waals surface area contributed by atoms with E-state index in [1.165, 1.54) is 12.8 Å². The SMILES string of the molecule is O=C(/C=C/c1cccs1)c1ccc(OCCSC(=S)N2CCCC2)cc1. The second-order valence-corrected chi connectivity index (χ2v) is 8.60. The number of thiocarbonyl (C=S) groups is 1. The highest BCUT2D eigenvalue weighted by Gasteiger charge is 2.14. The molecule has 0 atom stereocenters. The summed E-state index contributed by atoms with van der Waals surface area (Å²) in [5.41, 5.74) is 0.662. The molecule has 3 nitrogen and oxygen atoms in total. The van der Waals surface area contributed by atoms with Gasteiger partial charge in [0.15, 0.2) is 5.78 Å². The van der Waals surface area contributed by atoms with Gasteiger partial charge >= 0.3 is 0 Å². The molecule has 1 aromatic heterocycles. The topological polar surface area (TPSA) is 29.5 Å². The summed E-state index contributed by atoms with van der Waals surface area (Å²) < 4.78 is 6.72. The number of carbonyl (C=O) groups is 1. The van der Waals surface area contributed by atoms with Crippen molar-refractivity contribution in [3.05, 3.63) is 58.3 Å². The van der Waals surface area contributed by atoms with Gasteiger partial charge in [0.2, 0.25) is 0 Å². The average Bonchev–Trinajstić information content (AvgIpc) is 3.37. The summed E-state index contributed by atoms with van der Waals surface area (Å²) in [6, 6.07) is 11.2. The number of ketones is 1. The molecule has 0 N–H and O–H groups in total. The molecule has 0 radical (unpaired) electrons. The quantitative estimate of drug-likeness (QED) is 0.276. The molecule has 3 rings (SSSR count). The van der Waals surface area contributed by atoms with E-state index in [1.807, 2.05) is 35.7 Å². The van der Waals surface area contributed by atoms with Gasteiger partial charge < -0.3 is 9.64 Å². The maximum Gasteiger partial charge on any atom is 0.185 e. The second-order valence-electron chi connectivity index (χ2n) is 5.89. The molecular formula is C20H21NO2S3. The zero-order valence-electron chi connectivity index (χ0n) is 14.4. The maximum atomic E-state index is 12.2. The number of rotatable bonds is 7. The molecule has 1 aliphatic heterocycles. The number of carbonyl (C=O) groups excluding carboxylic acids is 1. The zero-order chi connectivity index (χ0) is 18.2. The number of ether oxygens (including phenoxy) is 1. The van der Waals surface area contributed by atoms with E-state index in [4.69, 9.17) is 17.0 Å². The van der Waals surface area contributed by atoms with Gasteiger partial charge in [-0.1, -0.05) is 30.0 Å². The molecule has 0 aliphatic carbocycles. The third kappa shape index (κ3) is 5.69. The fraction of sp³-hybridized carbons (Fsp3) is 0.300.